The molecule has 1 saturated heterocycles. The molecule has 0 spiro atoms. The van der Waals surface area contributed by atoms with E-state index in [9.17, 15) is 9.59 Å². The third-order valence-electron chi connectivity index (χ3n) is 4.99. The molecule has 24 heavy (non-hydrogen) atoms. The molecule has 1 aromatic rings. The average Bonchev–Trinajstić information content (AvgIpc) is 3.04. The van der Waals surface area contributed by atoms with Crippen molar-refractivity contribution in [3.8, 4) is 0 Å². The predicted octanol–water partition coefficient (Wildman–Crippen LogP) is 2.65. The van der Waals surface area contributed by atoms with E-state index in [4.69, 9.17) is 0 Å². The summed E-state index contributed by atoms with van der Waals surface area (Å²) >= 11 is 0. The highest BCUT2D eigenvalue weighted by molar-refractivity contribution is 5.80. The third kappa shape index (κ3) is 4.25. The number of rotatable bonds is 4. The summed E-state index contributed by atoms with van der Waals surface area (Å²) in [4.78, 5) is 28.9. The Morgan fingerprint density at radius 3 is 2.33 bits per heavy atom. The molecule has 4 heteroatoms. The lowest BCUT2D eigenvalue weighted by atomic mass is 10.1. The summed E-state index contributed by atoms with van der Waals surface area (Å²) in [5, 5.41) is 0. The van der Waals surface area contributed by atoms with E-state index in [1.807, 2.05) is 28.0 Å². The van der Waals surface area contributed by atoms with Gasteiger partial charge in [-0.2, -0.15) is 0 Å². The Hall–Kier alpha value is -2.10. The predicted molar refractivity (Wildman–Crippen MR) is 94.4 cm³/mol. The Labute approximate surface area is 144 Å². The lowest BCUT2D eigenvalue weighted by Gasteiger charge is -2.24. The Morgan fingerprint density at radius 2 is 1.58 bits per heavy atom. The molecular formula is C20H26N2O2. The van der Waals surface area contributed by atoms with Crippen molar-refractivity contribution in [2.45, 2.75) is 32.1 Å². The zero-order valence-electron chi connectivity index (χ0n) is 14.2. The van der Waals surface area contributed by atoms with E-state index in [0.717, 1.165) is 38.8 Å². The molecule has 0 saturated carbocycles. The van der Waals surface area contributed by atoms with Crippen LogP contribution < -0.4 is 0 Å². The second kappa shape index (κ2) is 8.13. The fourth-order valence-electron chi connectivity index (χ4n) is 3.52. The Kier molecular flexibility index (Phi) is 5.68. The summed E-state index contributed by atoms with van der Waals surface area (Å²) in [6.45, 7) is 2.88. The fourth-order valence-corrected chi connectivity index (χ4v) is 3.52. The largest absolute Gasteiger partial charge is 0.341 e. The second-order valence-corrected chi connectivity index (χ2v) is 6.68. The van der Waals surface area contributed by atoms with Gasteiger partial charge in [-0.25, -0.2) is 0 Å². The molecule has 128 valence electrons. The molecule has 1 fully saturated rings. The van der Waals surface area contributed by atoms with Crippen molar-refractivity contribution in [1.82, 2.24) is 9.80 Å². The summed E-state index contributed by atoms with van der Waals surface area (Å²) in [5.74, 6) is 0.597. The molecular weight excluding hydrogens is 300 g/mol. The van der Waals surface area contributed by atoms with E-state index in [1.165, 1.54) is 5.56 Å². The van der Waals surface area contributed by atoms with Crippen molar-refractivity contribution < 1.29 is 9.59 Å². The second-order valence-electron chi connectivity index (χ2n) is 6.68. The van der Waals surface area contributed by atoms with E-state index in [1.54, 1.807) is 0 Å². The molecule has 1 aliphatic carbocycles. The van der Waals surface area contributed by atoms with Gasteiger partial charge in [0.25, 0.3) is 0 Å². The van der Waals surface area contributed by atoms with Gasteiger partial charge >= 0.3 is 0 Å². The van der Waals surface area contributed by atoms with Gasteiger partial charge in [-0.1, -0.05) is 42.5 Å². The van der Waals surface area contributed by atoms with Crippen LogP contribution >= 0.6 is 0 Å². The molecule has 0 aromatic heterocycles. The summed E-state index contributed by atoms with van der Waals surface area (Å²) in [6, 6.07) is 10.1. The van der Waals surface area contributed by atoms with Gasteiger partial charge in [-0.3, -0.25) is 9.59 Å². The molecule has 1 aliphatic heterocycles. The number of hydrogen-bond acceptors (Lipinski definition) is 2. The first kappa shape index (κ1) is 16.7. The van der Waals surface area contributed by atoms with E-state index in [-0.39, 0.29) is 17.7 Å². The zero-order valence-corrected chi connectivity index (χ0v) is 14.2. The number of benzene rings is 1. The van der Waals surface area contributed by atoms with E-state index in [0.29, 0.717) is 19.5 Å². The zero-order chi connectivity index (χ0) is 16.8. The molecule has 2 aliphatic rings. The molecule has 0 atom stereocenters. The first-order valence-corrected chi connectivity index (χ1v) is 8.99. The Balaban J connectivity index is 1.47. The minimum atomic E-state index is 0.130. The molecule has 4 nitrogen and oxygen atoms in total. The highest BCUT2D eigenvalue weighted by atomic mass is 16.2. The maximum absolute atomic E-state index is 12.5. The molecule has 3 rings (SSSR count). The Bertz CT molecular complexity index is 589. The van der Waals surface area contributed by atoms with E-state index >= 15 is 0 Å². The van der Waals surface area contributed by atoms with Crippen LogP contribution in [0.2, 0.25) is 0 Å². The first-order valence-electron chi connectivity index (χ1n) is 8.99. The maximum atomic E-state index is 12.5. The number of allylic oxidation sites excluding steroid dienone is 2. The molecule has 1 aromatic carbocycles. The van der Waals surface area contributed by atoms with Crippen LogP contribution in [0.15, 0.2) is 42.5 Å². The normalized spacial score (nSPS) is 18.7. The summed E-state index contributed by atoms with van der Waals surface area (Å²) in [6.07, 6.45) is 8.14. The smallest absolute Gasteiger partial charge is 0.226 e. The van der Waals surface area contributed by atoms with Gasteiger partial charge in [-0.05, 0) is 31.2 Å². The van der Waals surface area contributed by atoms with Crippen LogP contribution in [0.5, 0.6) is 0 Å². The monoisotopic (exact) mass is 326 g/mol. The average molecular weight is 326 g/mol. The minimum absolute atomic E-state index is 0.130. The van der Waals surface area contributed by atoms with Crippen molar-refractivity contribution in [2.24, 2.45) is 5.92 Å². The lowest BCUT2D eigenvalue weighted by Crippen LogP contribution is -2.39. The highest BCUT2D eigenvalue weighted by Crippen LogP contribution is 2.21. The third-order valence-corrected chi connectivity index (χ3v) is 4.99. The van der Waals surface area contributed by atoms with Gasteiger partial charge in [0.05, 0.1) is 0 Å². The van der Waals surface area contributed by atoms with Crippen molar-refractivity contribution in [3.63, 3.8) is 0 Å². The van der Waals surface area contributed by atoms with Crippen LogP contribution in [0, 0.1) is 5.92 Å². The summed E-state index contributed by atoms with van der Waals surface area (Å²) in [5.41, 5.74) is 1.20. The number of hydrogen-bond donors (Lipinski definition) is 0. The van der Waals surface area contributed by atoms with Crippen LogP contribution in [0.4, 0.5) is 0 Å². The maximum Gasteiger partial charge on any atom is 0.226 e. The van der Waals surface area contributed by atoms with Gasteiger partial charge in [-0.15, -0.1) is 0 Å². The van der Waals surface area contributed by atoms with E-state index in [2.05, 4.69) is 24.3 Å². The van der Waals surface area contributed by atoms with Gasteiger partial charge in [0, 0.05) is 38.5 Å². The molecule has 0 N–H and O–H groups in total. The van der Waals surface area contributed by atoms with Gasteiger partial charge in [0.15, 0.2) is 0 Å². The number of aryl methyl sites for hydroxylation is 1. The summed E-state index contributed by atoms with van der Waals surface area (Å²) < 4.78 is 0. The molecule has 1 heterocycles. The van der Waals surface area contributed by atoms with Crippen molar-refractivity contribution in [3.05, 3.63) is 48.0 Å². The molecule has 2 amide bonds. The van der Waals surface area contributed by atoms with Crippen LogP contribution in [-0.2, 0) is 16.0 Å². The standard InChI is InChI=1S/C20H26N2O2/c23-19(12-11-17-7-2-1-3-8-17)21-13-6-14-22(16-15-21)20(24)18-9-4-5-10-18/h1-5,7-8,18H,6,9-16H2. The minimum Gasteiger partial charge on any atom is -0.341 e. The quantitative estimate of drug-likeness (QED) is 0.798. The lowest BCUT2D eigenvalue weighted by molar-refractivity contribution is -0.136. The highest BCUT2D eigenvalue weighted by Gasteiger charge is 2.27. The number of amides is 2. The van der Waals surface area contributed by atoms with Crippen molar-refractivity contribution >= 4 is 11.8 Å². The van der Waals surface area contributed by atoms with Gasteiger partial charge in [0.2, 0.25) is 11.8 Å². The van der Waals surface area contributed by atoms with Crippen molar-refractivity contribution in [2.75, 3.05) is 26.2 Å². The van der Waals surface area contributed by atoms with Crippen molar-refractivity contribution in [1.29, 1.82) is 0 Å². The van der Waals surface area contributed by atoms with Crippen LogP contribution in [0.3, 0.4) is 0 Å². The Morgan fingerprint density at radius 1 is 0.917 bits per heavy atom. The van der Waals surface area contributed by atoms with Crippen LogP contribution in [0.25, 0.3) is 0 Å². The topological polar surface area (TPSA) is 40.6 Å². The molecule has 0 unspecified atom stereocenters. The van der Waals surface area contributed by atoms with Crippen LogP contribution in [-0.4, -0.2) is 47.8 Å². The SMILES string of the molecule is O=C(CCc1ccccc1)N1CCCN(C(=O)C2CC=CC2)CC1. The van der Waals surface area contributed by atoms with E-state index < -0.39 is 0 Å². The number of nitrogens with zero attached hydrogens (tertiary/aromatic N) is 2. The molecule has 0 radical (unpaired) electrons. The fraction of sp³-hybridized carbons (Fsp3) is 0.500. The first-order chi connectivity index (χ1) is 11.7. The van der Waals surface area contributed by atoms with Gasteiger partial charge in [0.1, 0.15) is 0 Å². The number of carbonyl (C=O) groups excluding carboxylic acids is 2. The summed E-state index contributed by atoms with van der Waals surface area (Å²) in [7, 11) is 0. The molecule has 0 bridgehead atoms. The van der Waals surface area contributed by atoms with Crippen LogP contribution in [0.1, 0.15) is 31.2 Å². The van der Waals surface area contributed by atoms with Gasteiger partial charge < -0.3 is 9.80 Å². The number of carbonyl (C=O) groups is 2.